The third kappa shape index (κ3) is 5.49. The molecule has 37 heavy (non-hydrogen) atoms. The van der Waals surface area contributed by atoms with Crippen LogP contribution in [0.2, 0.25) is 0 Å². The summed E-state index contributed by atoms with van der Waals surface area (Å²) >= 11 is 0. The second-order valence-electron chi connectivity index (χ2n) is 8.60. The van der Waals surface area contributed by atoms with Crippen LogP contribution in [0.25, 0.3) is 11.4 Å². The molecule has 0 aliphatic heterocycles. The van der Waals surface area contributed by atoms with Gasteiger partial charge in [-0.15, -0.1) is 20.4 Å². The molecule has 3 aromatic carbocycles. The first-order valence-corrected chi connectivity index (χ1v) is 11.7. The molecule has 1 aliphatic rings. The van der Waals surface area contributed by atoms with Gasteiger partial charge in [0.25, 0.3) is 0 Å². The summed E-state index contributed by atoms with van der Waals surface area (Å²) in [5.74, 6) is 7.69. The molecule has 0 unspecified atom stereocenters. The maximum Gasteiger partial charge on any atom is 0.415 e. The van der Waals surface area contributed by atoms with Crippen LogP contribution >= 0.6 is 0 Å². The number of aromatic nitrogens is 4. The van der Waals surface area contributed by atoms with Crippen molar-refractivity contribution >= 4 is 11.8 Å². The largest absolute Gasteiger partial charge is 0.508 e. The summed E-state index contributed by atoms with van der Waals surface area (Å²) in [4.78, 5) is 14.1. The molecule has 0 atom stereocenters. The molecule has 1 aliphatic carbocycles. The number of fused-ring (bicyclic) bond motifs is 2. The molecule has 1 heterocycles. The van der Waals surface area contributed by atoms with Crippen LogP contribution in [0.1, 0.15) is 28.1 Å². The van der Waals surface area contributed by atoms with E-state index >= 15 is 0 Å². The van der Waals surface area contributed by atoms with Crippen LogP contribution in [-0.4, -0.2) is 50.6 Å². The molecule has 1 aromatic heterocycles. The number of phenolic OH excluding ortho intramolecular Hbond substituents is 1. The van der Waals surface area contributed by atoms with E-state index in [1.807, 2.05) is 49.5 Å². The van der Waals surface area contributed by atoms with Crippen LogP contribution in [0.15, 0.2) is 60.7 Å². The smallest absolute Gasteiger partial charge is 0.415 e. The fourth-order valence-corrected chi connectivity index (χ4v) is 3.95. The number of hydrogen-bond acceptors (Lipinski definition) is 8. The number of amides is 1. The maximum atomic E-state index is 12.7. The summed E-state index contributed by atoms with van der Waals surface area (Å²) in [6, 6.07) is 18.2. The number of benzene rings is 3. The number of nitrogens with one attached hydrogen (secondary N) is 1. The Balaban J connectivity index is 1.23. The summed E-state index contributed by atoms with van der Waals surface area (Å²) in [6.45, 7) is 0.0918. The summed E-state index contributed by atoms with van der Waals surface area (Å²) in [5.41, 5.74) is 5.53. The first-order valence-electron chi connectivity index (χ1n) is 11.7. The van der Waals surface area contributed by atoms with Crippen LogP contribution in [0.4, 0.5) is 10.5 Å². The van der Waals surface area contributed by atoms with Crippen molar-refractivity contribution in [3.63, 3.8) is 0 Å². The highest BCUT2D eigenvalue weighted by Gasteiger charge is 2.16. The number of phenols is 1. The van der Waals surface area contributed by atoms with E-state index in [-0.39, 0.29) is 12.3 Å². The van der Waals surface area contributed by atoms with Crippen molar-refractivity contribution in [2.45, 2.75) is 19.4 Å². The molecule has 9 heteroatoms. The maximum absolute atomic E-state index is 12.7. The molecule has 0 bridgehead atoms. The standard InChI is InChI=1S/C28H24N6O3/c1-29-23-11-7-20(8-12-23)27-32-30-26(31-33-27)17-34(2)28(36)37-25-14-10-19-4-3-18-9-13-24(35)15-21(18)5-6-22(19)16-25/h7-16,29,35H,5-6,17H2,1-2H3. The van der Waals surface area contributed by atoms with Gasteiger partial charge >= 0.3 is 6.09 Å². The highest BCUT2D eigenvalue weighted by atomic mass is 16.6. The Kier molecular flexibility index (Phi) is 6.64. The van der Waals surface area contributed by atoms with Crippen molar-refractivity contribution in [1.82, 2.24) is 25.3 Å². The number of carbonyl (C=O) groups is 1. The summed E-state index contributed by atoms with van der Waals surface area (Å²) in [7, 11) is 3.44. The normalized spacial score (nSPS) is 11.6. The van der Waals surface area contributed by atoms with Gasteiger partial charge in [-0.1, -0.05) is 11.8 Å². The minimum atomic E-state index is -0.553. The summed E-state index contributed by atoms with van der Waals surface area (Å²) in [5, 5.41) is 29.3. The van der Waals surface area contributed by atoms with Crippen molar-refractivity contribution in [3.05, 3.63) is 88.7 Å². The Morgan fingerprint density at radius 2 is 1.59 bits per heavy atom. The van der Waals surface area contributed by atoms with Gasteiger partial charge < -0.3 is 20.1 Å². The predicted octanol–water partition coefficient (Wildman–Crippen LogP) is 3.81. The van der Waals surface area contributed by atoms with Crippen LogP contribution in [-0.2, 0) is 19.4 Å². The van der Waals surface area contributed by atoms with Gasteiger partial charge in [-0.05, 0) is 84.6 Å². The molecule has 4 aromatic rings. The quantitative estimate of drug-likeness (QED) is 0.405. The molecule has 0 fully saturated rings. The SMILES string of the molecule is CNc1ccc(-c2nnc(CN(C)C(=O)Oc3ccc4c(c3)CCc3cc(O)ccc3C#C4)nn2)cc1. The van der Waals surface area contributed by atoms with Crippen molar-refractivity contribution in [2.24, 2.45) is 0 Å². The minimum absolute atomic E-state index is 0.0918. The monoisotopic (exact) mass is 492 g/mol. The van der Waals surface area contributed by atoms with Gasteiger partial charge in [0.1, 0.15) is 11.5 Å². The molecule has 184 valence electrons. The van der Waals surface area contributed by atoms with Gasteiger partial charge in [-0.2, -0.15) is 0 Å². The molecular formula is C28H24N6O3. The average molecular weight is 493 g/mol. The number of anilines is 1. The Labute approximate surface area is 214 Å². The van der Waals surface area contributed by atoms with E-state index in [1.54, 1.807) is 25.2 Å². The van der Waals surface area contributed by atoms with Gasteiger partial charge in [-0.25, -0.2) is 4.79 Å². The molecule has 1 amide bonds. The summed E-state index contributed by atoms with van der Waals surface area (Å²) < 4.78 is 5.59. The lowest BCUT2D eigenvalue weighted by molar-refractivity contribution is 0.159. The van der Waals surface area contributed by atoms with Gasteiger partial charge in [0, 0.05) is 36.5 Å². The number of aryl methyl sites for hydroxylation is 2. The number of carbonyl (C=O) groups excluding carboxylic acids is 1. The van der Waals surface area contributed by atoms with E-state index < -0.39 is 6.09 Å². The molecule has 0 spiro atoms. The third-order valence-corrected chi connectivity index (χ3v) is 6.01. The third-order valence-electron chi connectivity index (χ3n) is 6.01. The van der Waals surface area contributed by atoms with Crippen molar-refractivity contribution < 1.29 is 14.6 Å². The number of hydrogen-bond donors (Lipinski definition) is 2. The number of nitrogens with zero attached hydrogens (tertiary/aromatic N) is 5. The van der Waals surface area contributed by atoms with E-state index in [2.05, 4.69) is 37.6 Å². The van der Waals surface area contributed by atoms with Gasteiger partial charge in [0.2, 0.25) is 5.82 Å². The first kappa shape index (κ1) is 23.8. The van der Waals surface area contributed by atoms with Crippen LogP contribution in [0.5, 0.6) is 11.5 Å². The molecule has 0 saturated carbocycles. The van der Waals surface area contributed by atoms with Crippen molar-refractivity contribution in [3.8, 4) is 34.7 Å². The van der Waals surface area contributed by atoms with Crippen LogP contribution in [0, 0.1) is 11.8 Å². The number of aromatic hydroxyl groups is 1. The Morgan fingerprint density at radius 3 is 2.27 bits per heavy atom. The van der Waals surface area contributed by atoms with E-state index in [4.69, 9.17) is 4.74 Å². The molecule has 0 radical (unpaired) electrons. The zero-order valence-corrected chi connectivity index (χ0v) is 20.4. The lowest BCUT2D eigenvalue weighted by atomic mass is 9.94. The Bertz CT molecular complexity index is 1510. The van der Waals surface area contributed by atoms with Gasteiger partial charge in [-0.3, -0.25) is 0 Å². The molecule has 2 N–H and O–H groups in total. The predicted molar refractivity (Wildman–Crippen MR) is 138 cm³/mol. The molecule has 0 saturated heterocycles. The van der Waals surface area contributed by atoms with Gasteiger partial charge in [0.15, 0.2) is 5.82 Å². The van der Waals surface area contributed by atoms with Gasteiger partial charge in [0.05, 0.1) is 6.54 Å². The van der Waals surface area contributed by atoms with E-state index in [0.717, 1.165) is 39.9 Å². The van der Waals surface area contributed by atoms with E-state index in [1.165, 1.54) is 4.90 Å². The molecular weight excluding hydrogens is 468 g/mol. The Hall–Kier alpha value is -4.97. The lowest BCUT2D eigenvalue weighted by Crippen LogP contribution is -2.30. The van der Waals surface area contributed by atoms with Crippen molar-refractivity contribution in [2.75, 3.05) is 19.4 Å². The fraction of sp³-hybridized carbons (Fsp3) is 0.179. The topological polar surface area (TPSA) is 113 Å². The first-order chi connectivity index (χ1) is 18.0. The zero-order chi connectivity index (χ0) is 25.8. The highest BCUT2D eigenvalue weighted by molar-refractivity contribution is 5.70. The minimum Gasteiger partial charge on any atom is -0.508 e. The van der Waals surface area contributed by atoms with Crippen molar-refractivity contribution in [1.29, 1.82) is 0 Å². The summed E-state index contributed by atoms with van der Waals surface area (Å²) in [6.07, 6.45) is 0.870. The Morgan fingerprint density at radius 1 is 0.946 bits per heavy atom. The lowest BCUT2D eigenvalue weighted by Gasteiger charge is -2.16. The fourth-order valence-electron chi connectivity index (χ4n) is 3.95. The molecule has 9 nitrogen and oxygen atoms in total. The van der Waals surface area contributed by atoms with E-state index in [9.17, 15) is 9.90 Å². The second kappa shape index (κ2) is 10.3. The van der Waals surface area contributed by atoms with E-state index in [0.29, 0.717) is 23.8 Å². The zero-order valence-electron chi connectivity index (χ0n) is 20.4. The average Bonchev–Trinajstić information content (AvgIpc) is 2.91. The molecule has 5 rings (SSSR count). The van der Waals surface area contributed by atoms with Crippen LogP contribution < -0.4 is 10.1 Å². The number of rotatable bonds is 5. The highest BCUT2D eigenvalue weighted by Crippen LogP contribution is 2.24. The van der Waals surface area contributed by atoms with Crippen LogP contribution in [0.3, 0.4) is 0 Å². The second-order valence-corrected chi connectivity index (χ2v) is 8.60. The number of ether oxygens (including phenoxy) is 1.